The molecule has 60 valence electrons. The van der Waals surface area contributed by atoms with E-state index in [1.165, 1.54) is 12.1 Å². The molecule has 0 aliphatic rings. The van der Waals surface area contributed by atoms with Gasteiger partial charge < -0.3 is 6.15 Å². The summed E-state index contributed by atoms with van der Waals surface area (Å²) >= 11 is 5.48. The maximum atomic E-state index is 10.1. The number of para-hydroxylation sites is 1. The first kappa shape index (κ1) is 9.87. The summed E-state index contributed by atoms with van der Waals surface area (Å²) in [5.74, 6) is 0. The van der Waals surface area contributed by atoms with Crippen LogP contribution in [0, 0.1) is 10.1 Å². The highest BCUT2D eigenvalue weighted by Crippen LogP contribution is 2.21. The standard InChI is InChI=1S/C6H4ClNO2.H3N/c7-5-3-1-2-4-6(5)8(9)10;/h1-4H;1H3. The molecule has 1 aromatic carbocycles. The first-order valence-corrected chi connectivity index (χ1v) is 2.98. The van der Waals surface area contributed by atoms with Gasteiger partial charge in [0.1, 0.15) is 5.02 Å². The predicted molar refractivity (Wildman–Crippen MR) is 43.1 cm³/mol. The quantitative estimate of drug-likeness (QED) is 0.525. The van der Waals surface area contributed by atoms with Gasteiger partial charge in [0.2, 0.25) is 0 Å². The van der Waals surface area contributed by atoms with E-state index < -0.39 is 4.92 Å². The van der Waals surface area contributed by atoms with E-state index in [0.717, 1.165) is 0 Å². The van der Waals surface area contributed by atoms with Gasteiger partial charge in [0, 0.05) is 6.07 Å². The highest BCUT2D eigenvalue weighted by molar-refractivity contribution is 6.32. The zero-order valence-corrected chi connectivity index (χ0v) is 6.41. The third-order valence-corrected chi connectivity index (χ3v) is 1.37. The summed E-state index contributed by atoms with van der Waals surface area (Å²) in [7, 11) is 0. The number of nitro benzene ring substituents is 1. The Hall–Kier alpha value is -1.13. The number of hydrogen-bond donors (Lipinski definition) is 1. The lowest BCUT2D eigenvalue weighted by atomic mass is 10.3. The first-order valence-electron chi connectivity index (χ1n) is 2.61. The Morgan fingerprint density at radius 1 is 1.36 bits per heavy atom. The summed E-state index contributed by atoms with van der Waals surface area (Å²) in [5, 5.41) is 10.3. The minimum Gasteiger partial charge on any atom is -0.344 e. The van der Waals surface area contributed by atoms with Crippen LogP contribution in [0.1, 0.15) is 0 Å². The van der Waals surface area contributed by atoms with Crippen LogP contribution in [0.2, 0.25) is 5.02 Å². The summed E-state index contributed by atoms with van der Waals surface area (Å²) in [6.07, 6.45) is 0. The van der Waals surface area contributed by atoms with Gasteiger partial charge in [-0.1, -0.05) is 23.7 Å². The van der Waals surface area contributed by atoms with Gasteiger partial charge in [0.05, 0.1) is 4.92 Å². The number of nitrogens with zero attached hydrogens (tertiary/aromatic N) is 1. The highest BCUT2D eigenvalue weighted by atomic mass is 35.5. The topological polar surface area (TPSA) is 78.1 Å². The van der Waals surface area contributed by atoms with E-state index in [1.807, 2.05) is 0 Å². The van der Waals surface area contributed by atoms with Gasteiger partial charge in [-0.05, 0) is 6.07 Å². The van der Waals surface area contributed by atoms with Crippen molar-refractivity contribution < 1.29 is 4.92 Å². The predicted octanol–water partition coefficient (Wildman–Crippen LogP) is 2.41. The van der Waals surface area contributed by atoms with Crippen LogP contribution >= 0.6 is 11.6 Å². The zero-order valence-electron chi connectivity index (χ0n) is 5.66. The highest BCUT2D eigenvalue weighted by Gasteiger charge is 2.08. The molecule has 1 rings (SSSR count). The molecule has 3 N–H and O–H groups in total. The van der Waals surface area contributed by atoms with E-state index in [0.29, 0.717) is 0 Å². The Balaban J connectivity index is 0.000001000. The number of rotatable bonds is 1. The van der Waals surface area contributed by atoms with Crippen LogP contribution in [-0.2, 0) is 0 Å². The number of hydrogen-bond acceptors (Lipinski definition) is 3. The fraction of sp³-hybridized carbons (Fsp3) is 0. The molecule has 5 heteroatoms. The SMILES string of the molecule is N.O=[N+]([O-])c1ccccc1Cl. The Kier molecular flexibility index (Phi) is 3.50. The van der Waals surface area contributed by atoms with Crippen molar-refractivity contribution in [2.24, 2.45) is 0 Å². The van der Waals surface area contributed by atoms with Crippen molar-refractivity contribution in [2.75, 3.05) is 0 Å². The Morgan fingerprint density at radius 3 is 2.27 bits per heavy atom. The fourth-order valence-electron chi connectivity index (χ4n) is 0.600. The molecule has 0 atom stereocenters. The van der Waals surface area contributed by atoms with Crippen molar-refractivity contribution in [1.82, 2.24) is 6.15 Å². The molecule has 0 bridgehead atoms. The summed E-state index contributed by atoms with van der Waals surface area (Å²) in [6.45, 7) is 0. The van der Waals surface area contributed by atoms with Crippen LogP contribution in [0.15, 0.2) is 24.3 Å². The molecule has 0 aliphatic carbocycles. The van der Waals surface area contributed by atoms with Crippen molar-refractivity contribution in [3.8, 4) is 0 Å². The van der Waals surface area contributed by atoms with Gasteiger partial charge in [0.25, 0.3) is 5.69 Å². The number of nitro groups is 1. The molecule has 11 heavy (non-hydrogen) atoms. The fourth-order valence-corrected chi connectivity index (χ4v) is 0.805. The second-order valence-corrected chi connectivity index (χ2v) is 2.12. The van der Waals surface area contributed by atoms with Crippen molar-refractivity contribution in [2.45, 2.75) is 0 Å². The van der Waals surface area contributed by atoms with Crippen LogP contribution in [0.3, 0.4) is 0 Å². The zero-order chi connectivity index (χ0) is 7.56. The van der Waals surface area contributed by atoms with E-state index in [1.54, 1.807) is 12.1 Å². The summed E-state index contributed by atoms with van der Waals surface area (Å²) in [5.41, 5.74) is -0.0517. The van der Waals surface area contributed by atoms with Crippen LogP contribution in [0.25, 0.3) is 0 Å². The molecule has 1 aromatic rings. The smallest absolute Gasteiger partial charge is 0.287 e. The Morgan fingerprint density at radius 2 is 1.91 bits per heavy atom. The van der Waals surface area contributed by atoms with Crippen LogP contribution in [0.4, 0.5) is 5.69 Å². The molecule has 0 spiro atoms. The normalized spacial score (nSPS) is 8.45. The van der Waals surface area contributed by atoms with Gasteiger partial charge in [-0.3, -0.25) is 10.1 Å². The van der Waals surface area contributed by atoms with Crippen LogP contribution < -0.4 is 6.15 Å². The minimum atomic E-state index is -0.512. The van der Waals surface area contributed by atoms with E-state index in [4.69, 9.17) is 11.6 Å². The molecule has 0 heterocycles. The Labute approximate surface area is 68.5 Å². The van der Waals surface area contributed by atoms with Gasteiger partial charge >= 0.3 is 0 Å². The molecule has 0 saturated heterocycles. The molecular weight excluding hydrogens is 168 g/mol. The second-order valence-electron chi connectivity index (χ2n) is 1.71. The second kappa shape index (κ2) is 3.90. The minimum absolute atomic E-state index is 0. The van der Waals surface area contributed by atoms with E-state index in [-0.39, 0.29) is 16.9 Å². The maximum absolute atomic E-state index is 10.1. The molecule has 0 aromatic heterocycles. The maximum Gasteiger partial charge on any atom is 0.287 e. The molecule has 0 aliphatic heterocycles. The number of halogens is 1. The lowest BCUT2D eigenvalue weighted by Crippen LogP contribution is -1.87. The van der Waals surface area contributed by atoms with E-state index in [9.17, 15) is 10.1 Å². The van der Waals surface area contributed by atoms with Gasteiger partial charge in [-0.15, -0.1) is 0 Å². The largest absolute Gasteiger partial charge is 0.344 e. The average molecular weight is 175 g/mol. The summed E-state index contributed by atoms with van der Waals surface area (Å²) < 4.78 is 0. The monoisotopic (exact) mass is 174 g/mol. The molecule has 4 nitrogen and oxygen atoms in total. The summed E-state index contributed by atoms with van der Waals surface area (Å²) in [6, 6.07) is 6.07. The van der Waals surface area contributed by atoms with Gasteiger partial charge in [-0.2, -0.15) is 0 Å². The molecule has 0 saturated carbocycles. The van der Waals surface area contributed by atoms with Crippen molar-refractivity contribution in [1.29, 1.82) is 0 Å². The number of benzene rings is 1. The third kappa shape index (κ3) is 2.18. The van der Waals surface area contributed by atoms with Crippen LogP contribution in [0.5, 0.6) is 0 Å². The molecular formula is C6H7ClN2O2. The molecule has 0 amide bonds. The van der Waals surface area contributed by atoms with Crippen molar-refractivity contribution in [3.63, 3.8) is 0 Å². The molecule has 0 radical (unpaired) electrons. The Bertz CT molecular complexity index is 265. The first-order chi connectivity index (χ1) is 4.72. The lowest BCUT2D eigenvalue weighted by molar-refractivity contribution is -0.384. The van der Waals surface area contributed by atoms with E-state index >= 15 is 0 Å². The van der Waals surface area contributed by atoms with E-state index in [2.05, 4.69) is 0 Å². The molecule has 0 unspecified atom stereocenters. The molecule has 0 fully saturated rings. The average Bonchev–Trinajstić information content (AvgIpc) is 1.88. The van der Waals surface area contributed by atoms with Crippen molar-refractivity contribution in [3.05, 3.63) is 39.4 Å². The van der Waals surface area contributed by atoms with Gasteiger partial charge in [0.15, 0.2) is 0 Å². The third-order valence-electron chi connectivity index (χ3n) is 1.05. The van der Waals surface area contributed by atoms with Crippen molar-refractivity contribution >= 4 is 17.3 Å². The summed E-state index contributed by atoms with van der Waals surface area (Å²) in [4.78, 5) is 9.63. The van der Waals surface area contributed by atoms with Crippen LogP contribution in [-0.4, -0.2) is 4.92 Å². The van der Waals surface area contributed by atoms with Gasteiger partial charge in [-0.25, -0.2) is 0 Å². The lowest BCUT2D eigenvalue weighted by Gasteiger charge is -1.90.